The zero-order valence-corrected chi connectivity index (χ0v) is 21.9. The Balaban J connectivity index is 0.00000363. The van der Waals surface area contributed by atoms with Crippen LogP contribution in [0.5, 0.6) is 0 Å². The Morgan fingerprint density at radius 3 is 2.56 bits per heavy atom. The number of nitrogens with zero attached hydrogens (tertiary/aromatic N) is 2. The Bertz CT molecular complexity index is 1050. The number of para-hydroxylation sites is 1. The first-order chi connectivity index (χ1) is 14.6. The number of aromatic nitrogens is 1. The summed E-state index contributed by atoms with van der Waals surface area (Å²) < 4.78 is 43.6. The first-order valence-corrected chi connectivity index (χ1v) is 11.2. The number of hydrogen-bond donors (Lipinski definition) is 4. The predicted octanol–water partition coefficient (Wildman–Crippen LogP) is -4.43. The maximum Gasteiger partial charge on any atom is 1.00 e. The molecule has 1 aromatic heterocycles. The van der Waals surface area contributed by atoms with Gasteiger partial charge >= 0.3 is 51.4 Å². The summed E-state index contributed by atoms with van der Waals surface area (Å²) in [5, 5.41) is 43.5. The van der Waals surface area contributed by atoms with Gasteiger partial charge in [-0.2, -0.15) is 13.1 Å². The van der Waals surface area contributed by atoms with Crippen LogP contribution in [0.1, 0.15) is 5.69 Å². The number of ether oxygens (including phenoxy) is 1. The quantitative estimate of drug-likeness (QED) is 0.0696. The van der Waals surface area contributed by atoms with E-state index in [9.17, 15) is 33.4 Å². The minimum atomic E-state index is -5.16. The topological polar surface area (TPSA) is 183 Å². The third-order valence-electron chi connectivity index (χ3n) is 4.58. The van der Waals surface area contributed by atoms with E-state index in [1.807, 2.05) is 12.1 Å². The number of aliphatic hydroxyl groups is 4. The van der Waals surface area contributed by atoms with E-state index >= 15 is 0 Å². The standard InChI is InChI=1S/C17H22N2O10S2.K/c1-27-19-10(6-9-4-2-3-5-11(9)19)7-13(18-29-31(24,25)26)30-17-16(23)15(22)14(21)12(8-20)28-17;/h2-6,12,14-17,20-23H,7-8H2,1H3,(H,24,25,26);/q;+1/p-1/b18-13+;/t12-,14-,15+,16-,17+;/m1./s1. The van der Waals surface area contributed by atoms with Gasteiger partial charge < -0.3 is 34.6 Å². The second-order valence-corrected chi connectivity index (χ2v) is 8.77. The van der Waals surface area contributed by atoms with Crippen LogP contribution in [0.3, 0.4) is 0 Å². The number of fused-ring (bicyclic) bond motifs is 1. The monoisotopic (exact) mass is 516 g/mol. The summed E-state index contributed by atoms with van der Waals surface area (Å²) >= 11 is 0.662. The third kappa shape index (κ3) is 6.65. The minimum Gasteiger partial charge on any atom is -0.714 e. The number of oxime groups is 1. The van der Waals surface area contributed by atoms with Gasteiger partial charge in [0.1, 0.15) is 42.0 Å². The van der Waals surface area contributed by atoms with Crippen molar-refractivity contribution in [2.45, 2.75) is 36.3 Å². The van der Waals surface area contributed by atoms with Crippen molar-refractivity contribution < 1.29 is 98.6 Å². The van der Waals surface area contributed by atoms with Crippen LogP contribution >= 0.6 is 11.8 Å². The molecule has 32 heavy (non-hydrogen) atoms. The first-order valence-electron chi connectivity index (χ1n) is 8.97. The van der Waals surface area contributed by atoms with E-state index in [1.54, 1.807) is 18.2 Å². The number of rotatable bonds is 7. The van der Waals surface area contributed by atoms with Gasteiger partial charge in [-0.25, -0.2) is 0 Å². The van der Waals surface area contributed by atoms with Crippen molar-refractivity contribution in [1.29, 1.82) is 0 Å². The molecule has 0 spiro atoms. The van der Waals surface area contributed by atoms with Crippen LogP contribution in [0.15, 0.2) is 35.5 Å². The second kappa shape index (κ2) is 11.9. The Labute approximate surface area is 230 Å². The Kier molecular flexibility index (Phi) is 10.4. The fourth-order valence-corrected chi connectivity index (χ4v) is 4.47. The van der Waals surface area contributed by atoms with Crippen molar-refractivity contribution in [3.8, 4) is 0 Å². The molecule has 0 radical (unpaired) electrons. The van der Waals surface area contributed by atoms with E-state index in [2.05, 4.69) is 9.44 Å². The van der Waals surface area contributed by atoms with Gasteiger partial charge in [0.2, 0.25) is 0 Å². The second-order valence-electron chi connectivity index (χ2n) is 6.63. The van der Waals surface area contributed by atoms with Crippen LogP contribution in [0.2, 0.25) is 0 Å². The fraction of sp³-hybridized carbons (Fsp3) is 0.471. The van der Waals surface area contributed by atoms with Crippen LogP contribution in [0.25, 0.3) is 10.9 Å². The summed E-state index contributed by atoms with van der Waals surface area (Å²) in [6.45, 7) is -0.641. The summed E-state index contributed by atoms with van der Waals surface area (Å²) in [6.07, 6.45) is -6.08. The molecule has 2 aromatic rings. The molecule has 15 heteroatoms. The van der Waals surface area contributed by atoms with Crippen molar-refractivity contribution in [2.24, 2.45) is 5.16 Å². The molecular weight excluding hydrogens is 495 g/mol. The molecule has 12 nitrogen and oxygen atoms in total. The molecule has 172 valence electrons. The van der Waals surface area contributed by atoms with Crippen molar-refractivity contribution in [1.82, 2.24) is 4.73 Å². The van der Waals surface area contributed by atoms with Crippen LogP contribution in [-0.4, -0.2) is 86.7 Å². The van der Waals surface area contributed by atoms with E-state index in [4.69, 9.17) is 9.57 Å². The number of benzene rings is 1. The van der Waals surface area contributed by atoms with Crippen LogP contribution in [0.4, 0.5) is 0 Å². The molecule has 0 amide bonds. The van der Waals surface area contributed by atoms with Gasteiger partial charge in [-0.3, -0.25) is 4.28 Å². The minimum absolute atomic E-state index is 0. The first kappa shape index (κ1) is 28.0. The molecule has 0 unspecified atom stereocenters. The zero-order chi connectivity index (χ0) is 22.8. The number of hydrogen-bond acceptors (Lipinski definition) is 12. The molecule has 1 aromatic carbocycles. The Morgan fingerprint density at radius 1 is 1.25 bits per heavy atom. The van der Waals surface area contributed by atoms with E-state index in [0.717, 1.165) is 10.9 Å². The smallest absolute Gasteiger partial charge is 0.714 e. The molecule has 3 rings (SSSR count). The Morgan fingerprint density at radius 2 is 1.94 bits per heavy atom. The average molecular weight is 517 g/mol. The van der Waals surface area contributed by atoms with E-state index in [-0.39, 0.29) is 62.8 Å². The molecular formula is C17H21KN2O10S2. The van der Waals surface area contributed by atoms with E-state index in [1.165, 1.54) is 11.8 Å². The van der Waals surface area contributed by atoms with Crippen LogP contribution < -0.4 is 56.2 Å². The molecule has 1 aliphatic rings. The van der Waals surface area contributed by atoms with Crippen molar-refractivity contribution >= 4 is 38.1 Å². The fourth-order valence-electron chi connectivity index (χ4n) is 3.16. The van der Waals surface area contributed by atoms with Gasteiger partial charge in [0.15, 0.2) is 0 Å². The predicted molar refractivity (Wildman–Crippen MR) is 108 cm³/mol. The maximum absolute atomic E-state index is 10.9. The van der Waals surface area contributed by atoms with Gasteiger partial charge in [-0.15, -0.1) is 0 Å². The number of thioether (sulfide) groups is 1. The van der Waals surface area contributed by atoms with Crippen LogP contribution in [0, 0.1) is 0 Å². The molecule has 0 aliphatic carbocycles. The maximum atomic E-state index is 10.9. The summed E-state index contributed by atoms with van der Waals surface area (Å²) in [6, 6.07) is 8.98. The van der Waals surface area contributed by atoms with Gasteiger partial charge in [0.05, 0.1) is 17.8 Å². The molecule has 5 atom stereocenters. The van der Waals surface area contributed by atoms with Gasteiger partial charge in [-0.05, 0) is 12.1 Å². The molecule has 0 saturated carbocycles. The third-order valence-corrected chi connectivity index (χ3v) is 5.95. The average Bonchev–Trinajstić information content (AvgIpc) is 3.08. The summed E-state index contributed by atoms with van der Waals surface area (Å²) in [4.78, 5) is 5.37. The molecule has 2 heterocycles. The normalized spacial score (nSPS) is 26.6. The van der Waals surface area contributed by atoms with Crippen molar-refractivity contribution in [2.75, 3.05) is 13.7 Å². The summed E-state index contributed by atoms with van der Waals surface area (Å²) in [5.41, 5.74) is -0.0337. The van der Waals surface area contributed by atoms with Crippen LogP contribution in [-0.2, 0) is 25.8 Å². The van der Waals surface area contributed by atoms with Gasteiger partial charge in [0.25, 0.3) is 10.4 Å². The zero-order valence-electron chi connectivity index (χ0n) is 17.1. The molecule has 1 fully saturated rings. The van der Waals surface area contributed by atoms with Crippen molar-refractivity contribution in [3.05, 3.63) is 36.0 Å². The largest absolute Gasteiger partial charge is 1.00 e. The van der Waals surface area contributed by atoms with E-state index in [0.29, 0.717) is 17.5 Å². The molecule has 1 saturated heterocycles. The SMILES string of the molecule is COn1c(C/C(=N\OS(=O)(=O)[O-])S[C@@H]2O[C@H](CO)[C@@H](O)[C@H](O)[C@H]2O)cc2ccccc21.[K+]. The molecule has 4 N–H and O–H groups in total. The molecule has 1 aliphatic heterocycles. The molecule has 0 bridgehead atoms. The van der Waals surface area contributed by atoms with Crippen molar-refractivity contribution in [3.63, 3.8) is 0 Å². The summed E-state index contributed by atoms with van der Waals surface area (Å²) in [7, 11) is -3.74. The number of aliphatic hydroxyl groups excluding tert-OH is 4. The summed E-state index contributed by atoms with van der Waals surface area (Å²) in [5.74, 6) is 0. The van der Waals surface area contributed by atoms with E-state index < -0.39 is 46.9 Å². The Hall–Kier alpha value is -0.274. The van der Waals surface area contributed by atoms with Gasteiger partial charge in [-0.1, -0.05) is 35.1 Å². The van der Waals surface area contributed by atoms with Gasteiger partial charge in [0, 0.05) is 11.8 Å².